The summed E-state index contributed by atoms with van der Waals surface area (Å²) in [6, 6.07) is 3.03. The normalized spacial score (nSPS) is 15.3. The van der Waals surface area contributed by atoms with Gasteiger partial charge in [0.1, 0.15) is 0 Å². The molecule has 1 heterocycles. The Hall–Kier alpha value is -1.45. The zero-order valence-corrected chi connectivity index (χ0v) is 7.90. The molecule has 0 radical (unpaired) electrons. The van der Waals surface area contributed by atoms with Crippen LogP contribution in [-0.2, 0) is 0 Å². The molecule has 1 aliphatic rings. The Morgan fingerprint density at radius 1 is 1.57 bits per heavy atom. The van der Waals surface area contributed by atoms with Gasteiger partial charge in [0.25, 0.3) is 5.91 Å². The molecule has 0 N–H and O–H groups in total. The van der Waals surface area contributed by atoms with Crippen molar-refractivity contribution < 1.29 is 9.18 Å². The van der Waals surface area contributed by atoms with E-state index in [0.29, 0.717) is 11.6 Å². The summed E-state index contributed by atoms with van der Waals surface area (Å²) in [6.07, 6.45) is 3.41. The zero-order valence-electron chi connectivity index (χ0n) is 7.90. The van der Waals surface area contributed by atoms with Crippen LogP contribution in [0.5, 0.6) is 0 Å². The van der Waals surface area contributed by atoms with Crippen LogP contribution in [0.1, 0.15) is 23.2 Å². The maximum absolute atomic E-state index is 12.5. The number of pyridine rings is 1. The molecular formula is C10H11FN2O. The molecule has 0 spiro atoms. The molecule has 1 fully saturated rings. The highest BCUT2D eigenvalue weighted by molar-refractivity contribution is 5.94. The highest BCUT2D eigenvalue weighted by Crippen LogP contribution is 2.26. The fourth-order valence-corrected chi connectivity index (χ4v) is 1.33. The van der Waals surface area contributed by atoms with Crippen LogP contribution in [0.3, 0.4) is 0 Å². The van der Waals surface area contributed by atoms with Crippen LogP contribution < -0.4 is 0 Å². The van der Waals surface area contributed by atoms with Crippen LogP contribution >= 0.6 is 0 Å². The monoisotopic (exact) mass is 194 g/mol. The molecule has 1 amide bonds. The van der Waals surface area contributed by atoms with Crippen LogP contribution in [0.4, 0.5) is 4.39 Å². The molecule has 2 rings (SSSR count). The van der Waals surface area contributed by atoms with E-state index in [9.17, 15) is 9.18 Å². The molecule has 74 valence electrons. The third kappa shape index (κ3) is 1.73. The van der Waals surface area contributed by atoms with E-state index in [4.69, 9.17) is 0 Å². The van der Waals surface area contributed by atoms with Gasteiger partial charge in [-0.2, -0.15) is 4.39 Å². The number of carbonyl (C=O) groups is 1. The van der Waals surface area contributed by atoms with E-state index in [1.807, 2.05) is 0 Å². The van der Waals surface area contributed by atoms with Crippen LogP contribution in [0.2, 0.25) is 0 Å². The van der Waals surface area contributed by atoms with Gasteiger partial charge in [-0.15, -0.1) is 0 Å². The lowest BCUT2D eigenvalue weighted by molar-refractivity contribution is 0.0784. The third-order valence-electron chi connectivity index (χ3n) is 2.39. The van der Waals surface area contributed by atoms with Crippen LogP contribution in [-0.4, -0.2) is 28.9 Å². The lowest BCUT2D eigenvalue weighted by Crippen LogP contribution is -2.28. The molecule has 1 aliphatic carbocycles. The first-order valence-corrected chi connectivity index (χ1v) is 4.57. The SMILES string of the molecule is CN(C(=O)c1ccc(F)nc1)C1CC1. The molecule has 1 aromatic rings. The van der Waals surface area contributed by atoms with Gasteiger partial charge >= 0.3 is 0 Å². The number of aromatic nitrogens is 1. The Labute approximate surface area is 81.6 Å². The molecule has 14 heavy (non-hydrogen) atoms. The van der Waals surface area contributed by atoms with Crippen molar-refractivity contribution in [3.05, 3.63) is 29.8 Å². The predicted octanol–water partition coefficient (Wildman–Crippen LogP) is 1.46. The van der Waals surface area contributed by atoms with E-state index < -0.39 is 5.95 Å². The first-order valence-electron chi connectivity index (χ1n) is 4.57. The maximum Gasteiger partial charge on any atom is 0.255 e. The summed E-state index contributed by atoms with van der Waals surface area (Å²) in [5, 5.41) is 0. The van der Waals surface area contributed by atoms with Gasteiger partial charge in [-0.05, 0) is 25.0 Å². The number of hydrogen-bond acceptors (Lipinski definition) is 2. The number of halogens is 1. The molecule has 0 saturated heterocycles. The van der Waals surface area contributed by atoms with Crippen molar-refractivity contribution in [3.63, 3.8) is 0 Å². The highest BCUT2D eigenvalue weighted by Gasteiger charge is 2.30. The summed E-state index contributed by atoms with van der Waals surface area (Å²) < 4.78 is 12.5. The third-order valence-corrected chi connectivity index (χ3v) is 2.39. The quantitative estimate of drug-likeness (QED) is 0.668. The van der Waals surface area contributed by atoms with Gasteiger partial charge in [0.05, 0.1) is 5.56 Å². The van der Waals surface area contributed by atoms with E-state index in [0.717, 1.165) is 12.8 Å². The number of rotatable bonds is 2. The smallest absolute Gasteiger partial charge is 0.255 e. The second-order valence-corrected chi connectivity index (χ2v) is 3.52. The minimum Gasteiger partial charge on any atom is -0.339 e. The minimum atomic E-state index is -0.560. The Balaban J connectivity index is 2.13. The van der Waals surface area contributed by atoms with Crippen molar-refractivity contribution in [1.82, 2.24) is 9.88 Å². The maximum atomic E-state index is 12.5. The topological polar surface area (TPSA) is 33.2 Å². The number of nitrogens with zero attached hydrogens (tertiary/aromatic N) is 2. The number of carbonyl (C=O) groups excluding carboxylic acids is 1. The molecule has 1 saturated carbocycles. The van der Waals surface area contributed by atoms with Crippen molar-refractivity contribution in [2.24, 2.45) is 0 Å². The lowest BCUT2D eigenvalue weighted by Gasteiger charge is -2.15. The van der Waals surface area contributed by atoms with Gasteiger partial charge in [-0.25, -0.2) is 4.98 Å². The number of amides is 1. The average molecular weight is 194 g/mol. The summed E-state index contributed by atoms with van der Waals surface area (Å²) in [5.74, 6) is -0.643. The second-order valence-electron chi connectivity index (χ2n) is 3.52. The predicted molar refractivity (Wildman–Crippen MR) is 49.3 cm³/mol. The summed E-state index contributed by atoms with van der Waals surface area (Å²) >= 11 is 0. The van der Waals surface area contributed by atoms with Crippen molar-refractivity contribution in [2.75, 3.05) is 7.05 Å². The number of hydrogen-bond donors (Lipinski definition) is 0. The van der Waals surface area contributed by atoms with E-state index >= 15 is 0 Å². The standard InChI is InChI=1S/C10H11FN2O/c1-13(8-3-4-8)10(14)7-2-5-9(11)12-6-7/h2,5-6,8H,3-4H2,1H3. The first kappa shape index (κ1) is 9.12. The summed E-state index contributed by atoms with van der Waals surface area (Å²) in [4.78, 5) is 16.8. The Morgan fingerprint density at radius 3 is 2.79 bits per heavy atom. The molecule has 1 aromatic heterocycles. The molecule has 0 aliphatic heterocycles. The molecular weight excluding hydrogens is 183 g/mol. The van der Waals surface area contributed by atoms with Crippen molar-refractivity contribution in [1.29, 1.82) is 0 Å². The fourth-order valence-electron chi connectivity index (χ4n) is 1.33. The summed E-state index contributed by atoms with van der Waals surface area (Å²) in [7, 11) is 1.77. The van der Waals surface area contributed by atoms with Crippen LogP contribution in [0.25, 0.3) is 0 Å². The van der Waals surface area contributed by atoms with Crippen molar-refractivity contribution in [3.8, 4) is 0 Å². The van der Waals surface area contributed by atoms with Crippen molar-refractivity contribution >= 4 is 5.91 Å². The molecule has 0 atom stereocenters. The van der Waals surface area contributed by atoms with Gasteiger partial charge in [-0.1, -0.05) is 0 Å². The van der Waals surface area contributed by atoms with Crippen LogP contribution in [0, 0.1) is 5.95 Å². The zero-order chi connectivity index (χ0) is 10.1. The van der Waals surface area contributed by atoms with E-state index in [-0.39, 0.29) is 5.91 Å². The molecule has 0 bridgehead atoms. The molecule has 3 nitrogen and oxygen atoms in total. The molecule has 0 unspecified atom stereocenters. The summed E-state index contributed by atoms with van der Waals surface area (Å²) in [5.41, 5.74) is 0.445. The highest BCUT2D eigenvalue weighted by atomic mass is 19.1. The Morgan fingerprint density at radius 2 is 2.29 bits per heavy atom. The fraction of sp³-hybridized carbons (Fsp3) is 0.400. The lowest BCUT2D eigenvalue weighted by atomic mass is 10.2. The largest absolute Gasteiger partial charge is 0.339 e. The molecule has 4 heteroatoms. The Bertz CT molecular complexity index is 346. The molecule has 0 aromatic carbocycles. The van der Waals surface area contributed by atoms with E-state index in [2.05, 4.69) is 4.98 Å². The minimum absolute atomic E-state index is 0.0833. The first-order chi connectivity index (χ1) is 6.68. The van der Waals surface area contributed by atoms with Gasteiger partial charge in [-0.3, -0.25) is 4.79 Å². The van der Waals surface area contributed by atoms with Crippen LogP contribution in [0.15, 0.2) is 18.3 Å². The van der Waals surface area contributed by atoms with Gasteiger partial charge in [0, 0.05) is 19.3 Å². The van der Waals surface area contributed by atoms with E-state index in [1.54, 1.807) is 11.9 Å². The van der Waals surface area contributed by atoms with Crippen molar-refractivity contribution in [2.45, 2.75) is 18.9 Å². The second kappa shape index (κ2) is 3.36. The average Bonchev–Trinajstić information content (AvgIpc) is 3.00. The van der Waals surface area contributed by atoms with Gasteiger partial charge in [0.2, 0.25) is 5.95 Å². The van der Waals surface area contributed by atoms with Gasteiger partial charge < -0.3 is 4.90 Å². The van der Waals surface area contributed by atoms with E-state index in [1.165, 1.54) is 18.3 Å². The van der Waals surface area contributed by atoms with Gasteiger partial charge in [0.15, 0.2) is 0 Å². The Kier molecular flexibility index (Phi) is 2.19. The summed E-state index contributed by atoms with van der Waals surface area (Å²) in [6.45, 7) is 0.